The molecule has 3 aromatic heterocycles. The van der Waals surface area contributed by atoms with Gasteiger partial charge in [0.15, 0.2) is 0 Å². The van der Waals surface area contributed by atoms with Gasteiger partial charge in [0, 0.05) is 40.0 Å². The van der Waals surface area contributed by atoms with Crippen molar-refractivity contribution < 1.29 is 0 Å². The van der Waals surface area contributed by atoms with Crippen molar-refractivity contribution in [2.45, 2.75) is 0 Å². The zero-order valence-corrected chi connectivity index (χ0v) is 30.6. The molecule has 0 spiro atoms. The fourth-order valence-corrected chi connectivity index (χ4v) is 9.14. The van der Waals surface area contributed by atoms with E-state index >= 15 is 0 Å². The number of pyridine rings is 2. The predicted octanol–water partition coefficient (Wildman–Crippen LogP) is 13.6. The molecule has 4 heteroatoms. The summed E-state index contributed by atoms with van der Waals surface area (Å²) in [6.45, 7) is 0. The van der Waals surface area contributed by atoms with E-state index in [-0.39, 0.29) is 0 Å². The van der Waals surface area contributed by atoms with Crippen molar-refractivity contribution in [3.05, 3.63) is 188 Å². The molecule has 9 aromatic carbocycles. The summed E-state index contributed by atoms with van der Waals surface area (Å²) in [4.78, 5) is 9.20. The number of hydrogen-bond donors (Lipinski definition) is 0. The van der Waals surface area contributed by atoms with Crippen LogP contribution in [0.25, 0.3) is 115 Å². The van der Waals surface area contributed by atoms with Crippen LogP contribution in [0.2, 0.25) is 0 Å². The third kappa shape index (κ3) is 4.86. The van der Waals surface area contributed by atoms with Crippen LogP contribution in [-0.4, -0.2) is 14.5 Å². The Kier molecular flexibility index (Phi) is 6.66. The Labute approximate surface area is 327 Å². The van der Waals surface area contributed by atoms with Crippen molar-refractivity contribution in [3.63, 3.8) is 0 Å². The predicted molar refractivity (Wildman–Crippen MR) is 235 cm³/mol. The number of para-hydroxylation sites is 1. The summed E-state index contributed by atoms with van der Waals surface area (Å²) in [6, 6.07) is 63.3. The van der Waals surface area contributed by atoms with E-state index in [1.54, 1.807) is 12.4 Å². The highest BCUT2D eigenvalue weighted by atomic mass is 15.0. The number of hydrogen-bond acceptors (Lipinski definition) is 3. The van der Waals surface area contributed by atoms with Gasteiger partial charge < -0.3 is 4.57 Å². The molecule has 262 valence electrons. The lowest BCUT2D eigenvalue weighted by Crippen LogP contribution is -1.94. The fraction of sp³-hybridized carbons (Fsp3) is 0. The van der Waals surface area contributed by atoms with Crippen LogP contribution in [0.15, 0.2) is 182 Å². The summed E-state index contributed by atoms with van der Waals surface area (Å²) >= 11 is 0. The normalized spacial score (nSPS) is 11.8. The Morgan fingerprint density at radius 3 is 1.46 bits per heavy atom. The van der Waals surface area contributed by atoms with Crippen LogP contribution in [0.1, 0.15) is 5.56 Å². The topological polar surface area (TPSA) is 54.5 Å². The number of nitrogens with zero attached hydrogens (tertiary/aromatic N) is 4. The first-order valence-corrected chi connectivity index (χ1v) is 19.2. The summed E-state index contributed by atoms with van der Waals surface area (Å²) in [7, 11) is 0. The molecule has 0 aliphatic heterocycles. The minimum Gasteiger partial charge on any atom is -0.309 e. The lowest BCUT2D eigenvalue weighted by atomic mass is 9.89. The molecular weight excluding hydrogens is 693 g/mol. The summed E-state index contributed by atoms with van der Waals surface area (Å²) in [5.41, 5.74) is 12.7. The minimum absolute atomic E-state index is 0.666. The molecule has 4 nitrogen and oxygen atoms in total. The molecule has 12 rings (SSSR count). The number of benzene rings is 9. The third-order valence-electron chi connectivity index (χ3n) is 11.7. The molecule has 12 aromatic rings. The summed E-state index contributed by atoms with van der Waals surface area (Å²) in [5, 5.41) is 22.1. The first-order chi connectivity index (χ1) is 28.2. The monoisotopic (exact) mass is 722 g/mol. The van der Waals surface area contributed by atoms with E-state index in [0.29, 0.717) is 5.56 Å². The first-order valence-electron chi connectivity index (χ1n) is 19.2. The van der Waals surface area contributed by atoms with Crippen molar-refractivity contribution in [2.24, 2.45) is 0 Å². The van der Waals surface area contributed by atoms with Gasteiger partial charge in [0.05, 0.1) is 34.1 Å². The maximum atomic E-state index is 9.88. The van der Waals surface area contributed by atoms with Crippen molar-refractivity contribution >= 4 is 64.9 Å². The summed E-state index contributed by atoms with van der Waals surface area (Å²) in [5.74, 6) is 0. The lowest BCUT2D eigenvalue weighted by molar-refractivity contribution is 1.18. The second kappa shape index (κ2) is 12.1. The SMILES string of the molecule is N#Cc1cc2ccc3cc(-c4ccc(-c5cc6ccc7cc(-c8cccc(-c9ccncc9)n8)cc8ccc(c5)c6c78)cc4)cc4c3c2c(c1)n4-c1ccccc1. The number of nitriles is 1. The molecule has 57 heavy (non-hydrogen) atoms. The average Bonchev–Trinajstić information content (AvgIpc) is 3.62. The second-order valence-corrected chi connectivity index (χ2v) is 15.0. The van der Waals surface area contributed by atoms with Gasteiger partial charge in [-0.3, -0.25) is 4.98 Å². The maximum absolute atomic E-state index is 9.88. The van der Waals surface area contributed by atoms with Gasteiger partial charge in [-0.15, -0.1) is 0 Å². The fourth-order valence-electron chi connectivity index (χ4n) is 9.14. The average molecular weight is 723 g/mol. The van der Waals surface area contributed by atoms with Gasteiger partial charge in [-0.25, -0.2) is 4.98 Å². The molecule has 0 radical (unpaired) electrons. The van der Waals surface area contributed by atoms with Gasteiger partial charge >= 0.3 is 0 Å². The zero-order chi connectivity index (χ0) is 37.6. The van der Waals surface area contributed by atoms with Gasteiger partial charge in [-0.1, -0.05) is 84.9 Å². The Balaban J connectivity index is 0.934. The molecule has 0 fully saturated rings. The second-order valence-electron chi connectivity index (χ2n) is 15.0. The van der Waals surface area contributed by atoms with E-state index in [1.165, 1.54) is 59.6 Å². The number of rotatable bonds is 5. The highest BCUT2D eigenvalue weighted by molar-refractivity contribution is 6.26. The molecule has 0 saturated carbocycles. The summed E-state index contributed by atoms with van der Waals surface area (Å²) < 4.78 is 2.31. The van der Waals surface area contributed by atoms with Gasteiger partial charge in [-0.2, -0.15) is 5.26 Å². The van der Waals surface area contributed by atoms with Crippen LogP contribution in [0.3, 0.4) is 0 Å². The number of aromatic nitrogens is 3. The molecule has 0 atom stereocenters. The largest absolute Gasteiger partial charge is 0.309 e. The van der Waals surface area contributed by atoms with Crippen molar-refractivity contribution in [2.75, 3.05) is 0 Å². The molecule has 0 bridgehead atoms. The first kappa shape index (κ1) is 31.5. The molecule has 0 aliphatic rings. The standard InChI is InChI=1S/C53H30N4/c54-31-32-23-36-13-18-41-27-43(30-49-53(41)52(36)48(24-32)57(49)45-5-2-1-3-6-45)34-11-9-33(10-12-34)42-25-37-14-16-39-28-44(29-40-17-15-38(26-42)50(37)51(39)40)47-8-4-7-46(56-47)35-19-21-55-22-20-35/h1-30H. The van der Waals surface area contributed by atoms with Crippen molar-refractivity contribution in [3.8, 4) is 56.5 Å². The van der Waals surface area contributed by atoms with Crippen LogP contribution >= 0.6 is 0 Å². The van der Waals surface area contributed by atoms with E-state index in [4.69, 9.17) is 4.98 Å². The van der Waals surface area contributed by atoms with Gasteiger partial charge in [0.1, 0.15) is 0 Å². The molecule has 0 aliphatic carbocycles. The lowest BCUT2D eigenvalue weighted by Gasteiger charge is -2.15. The maximum Gasteiger partial charge on any atom is 0.0992 e. The quantitative estimate of drug-likeness (QED) is 0.166. The molecular formula is C53H30N4. The zero-order valence-electron chi connectivity index (χ0n) is 30.6. The van der Waals surface area contributed by atoms with Crippen LogP contribution in [-0.2, 0) is 0 Å². The van der Waals surface area contributed by atoms with E-state index < -0.39 is 0 Å². The van der Waals surface area contributed by atoms with E-state index in [0.717, 1.165) is 55.7 Å². The van der Waals surface area contributed by atoms with E-state index in [1.807, 2.05) is 30.3 Å². The van der Waals surface area contributed by atoms with Gasteiger partial charge in [0.2, 0.25) is 0 Å². The Morgan fingerprint density at radius 1 is 0.386 bits per heavy atom. The van der Waals surface area contributed by atoms with Crippen LogP contribution in [0, 0.1) is 11.3 Å². The summed E-state index contributed by atoms with van der Waals surface area (Å²) in [6.07, 6.45) is 3.61. The van der Waals surface area contributed by atoms with Gasteiger partial charge in [0.25, 0.3) is 0 Å². The highest BCUT2D eigenvalue weighted by Crippen LogP contribution is 2.43. The molecule has 0 unspecified atom stereocenters. The molecule has 0 N–H and O–H groups in total. The van der Waals surface area contributed by atoms with Crippen LogP contribution in [0.5, 0.6) is 0 Å². The highest BCUT2D eigenvalue weighted by Gasteiger charge is 2.19. The van der Waals surface area contributed by atoms with Crippen molar-refractivity contribution in [1.29, 1.82) is 5.26 Å². The van der Waals surface area contributed by atoms with Crippen LogP contribution < -0.4 is 0 Å². The minimum atomic E-state index is 0.666. The molecule has 0 saturated heterocycles. The third-order valence-corrected chi connectivity index (χ3v) is 11.7. The Bertz CT molecular complexity index is 3490. The smallest absolute Gasteiger partial charge is 0.0992 e. The van der Waals surface area contributed by atoms with Crippen LogP contribution in [0.4, 0.5) is 0 Å². The molecule has 3 heterocycles. The van der Waals surface area contributed by atoms with E-state index in [2.05, 4.69) is 155 Å². The Hall–Kier alpha value is -7.87. The van der Waals surface area contributed by atoms with Crippen molar-refractivity contribution in [1.82, 2.24) is 14.5 Å². The Morgan fingerprint density at radius 2 is 0.877 bits per heavy atom. The molecule has 0 amide bonds. The van der Waals surface area contributed by atoms with E-state index in [9.17, 15) is 5.26 Å². The van der Waals surface area contributed by atoms with Gasteiger partial charge in [-0.05, 0) is 150 Å².